The van der Waals surface area contributed by atoms with E-state index >= 15 is 0 Å². The average molecular weight is 410 g/mol. The minimum Gasteiger partial charge on any atom is -0.378 e. The van der Waals surface area contributed by atoms with Crippen molar-refractivity contribution in [3.63, 3.8) is 0 Å². The van der Waals surface area contributed by atoms with Crippen LogP contribution in [0, 0.1) is 0 Å². The van der Waals surface area contributed by atoms with E-state index in [2.05, 4.69) is 83.8 Å². The summed E-state index contributed by atoms with van der Waals surface area (Å²) in [5.41, 5.74) is 3.80. The Hall–Kier alpha value is -2.07. The molecular formula is C25H35N3S. The van der Waals surface area contributed by atoms with Gasteiger partial charge in [0.05, 0.1) is 0 Å². The van der Waals surface area contributed by atoms with Crippen molar-refractivity contribution in [2.24, 2.45) is 0 Å². The third-order valence-corrected chi connectivity index (χ3v) is 6.14. The van der Waals surface area contributed by atoms with Gasteiger partial charge in [-0.2, -0.15) is 0 Å². The summed E-state index contributed by atoms with van der Waals surface area (Å²) in [5.74, 6) is 0. The first-order valence-corrected chi connectivity index (χ1v) is 11.4. The molecule has 0 saturated heterocycles. The Morgan fingerprint density at radius 3 is 1.97 bits per heavy atom. The lowest BCUT2D eigenvalue weighted by atomic mass is 9.97. The monoisotopic (exact) mass is 409 g/mol. The van der Waals surface area contributed by atoms with Gasteiger partial charge in [-0.25, -0.2) is 0 Å². The second kappa shape index (κ2) is 11.2. The molecule has 1 aliphatic carbocycles. The highest BCUT2D eigenvalue weighted by Gasteiger charge is 2.17. The Kier molecular flexibility index (Phi) is 8.36. The summed E-state index contributed by atoms with van der Waals surface area (Å²) < 4.78 is 0. The largest absolute Gasteiger partial charge is 0.378 e. The number of nitrogens with one attached hydrogen (secondary N) is 1. The van der Waals surface area contributed by atoms with Crippen LogP contribution in [0.4, 0.5) is 5.69 Å². The van der Waals surface area contributed by atoms with Crippen molar-refractivity contribution in [3.8, 4) is 0 Å². The van der Waals surface area contributed by atoms with Gasteiger partial charge in [0.2, 0.25) is 0 Å². The van der Waals surface area contributed by atoms with E-state index in [-0.39, 0.29) is 0 Å². The van der Waals surface area contributed by atoms with Gasteiger partial charge in [-0.15, -0.1) is 0 Å². The Balaban J connectivity index is 1.70. The number of thiocarbonyl (C=S) groups is 1. The molecule has 1 saturated carbocycles. The molecule has 2 aromatic carbocycles. The molecule has 0 radical (unpaired) electrons. The SMILES string of the molecule is CN(C)c1ccc(CN(Cc2ccccc2)C(=S)NC2CCCCCCC2)cc1. The number of hydrogen-bond acceptors (Lipinski definition) is 2. The number of hydrogen-bond donors (Lipinski definition) is 1. The molecule has 0 unspecified atom stereocenters. The van der Waals surface area contributed by atoms with Gasteiger partial charge < -0.3 is 15.1 Å². The highest BCUT2D eigenvalue weighted by molar-refractivity contribution is 7.80. The summed E-state index contributed by atoms with van der Waals surface area (Å²) in [6.45, 7) is 1.65. The summed E-state index contributed by atoms with van der Waals surface area (Å²) in [6.07, 6.45) is 9.19. The molecule has 3 nitrogen and oxygen atoms in total. The molecule has 0 amide bonds. The third kappa shape index (κ3) is 7.04. The molecule has 1 N–H and O–H groups in total. The van der Waals surface area contributed by atoms with Crippen LogP contribution in [0.25, 0.3) is 0 Å². The normalized spacial score (nSPS) is 15.2. The van der Waals surface area contributed by atoms with E-state index in [0.717, 1.165) is 18.2 Å². The van der Waals surface area contributed by atoms with Crippen molar-refractivity contribution in [2.75, 3.05) is 19.0 Å². The molecule has 0 bridgehead atoms. The summed E-state index contributed by atoms with van der Waals surface area (Å²) in [6, 6.07) is 19.9. The molecule has 4 heteroatoms. The van der Waals surface area contributed by atoms with Gasteiger partial charge in [0.15, 0.2) is 5.11 Å². The van der Waals surface area contributed by atoms with Crippen molar-refractivity contribution < 1.29 is 0 Å². The van der Waals surface area contributed by atoms with E-state index in [1.165, 1.54) is 61.8 Å². The average Bonchev–Trinajstić information content (AvgIpc) is 2.70. The minimum absolute atomic E-state index is 0.511. The highest BCUT2D eigenvalue weighted by Crippen LogP contribution is 2.19. The topological polar surface area (TPSA) is 18.5 Å². The molecule has 0 aliphatic heterocycles. The zero-order chi connectivity index (χ0) is 20.5. The third-order valence-electron chi connectivity index (χ3n) is 5.76. The van der Waals surface area contributed by atoms with Crippen molar-refractivity contribution in [3.05, 3.63) is 65.7 Å². The molecule has 2 aromatic rings. The van der Waals surface area contributed by atoms with Gasteiger partial charge in [-0.1, -0.05) is 74.6 Å². The Morgan fingerprint density at radius 1 is 0.828 bits per heavy atom. The van der Waals surface area contributed by atoms with E-state index < -0.39 is 0 Å². The van der Waals surface area contributed by atoms with Gasteiger partial charge in [-0.3, -0.25) is 0 Å². The van der Waals surface area contributed by atoms with E-state index in [1.54, 1.807) is 0 Å². The van der Waals surface area contributed by atoms with Crippen LogP contribution in [0.15, 0.2) is 54.6 Å². The maximum Gasteiger partial charge on any atom is 0.169 e. The predicted octanol–water partition coefficient (Wildman–Crippen LogP) is 5.74. The number of benzene rings is 2. The lowest BCUT2D eigenvalue weighted by molar-refractivity contribution is 0.370. The number of rotatable bonds is 6. The van der Waals surface area contributed by atoms with Crippen molar-refractivity contribution in [1.29, 1.82) is 0 Å². The minimum atomic E-state index is 0.511. The van der Waals surface area contributed by atoms with Crippen LogP contribution < -0.4 is 10.2 Å². The molecule has 3 rings (SSSR count). The fourth-order valence-electron chi connectivity index (χ4n) is 3.99. The first-order valence-electron chi connectivity index (χ1n) is 11.0. The van der Waals surface area contributed by atoms with Gasteiger partial charge in [0.1, 0.15) is 0 Å². The van der Waals surface area contributed by atoms with Gasteiger partial charge >= 0.3 is 0 Å². The summed E-state index contributed by atoms with van der Waals surface area (Å²) in [4.78, 5) is 4.44. The summed E-state index contributed by atoms with van der Waals surface area (Å²) in [5, 5.41) is 4.59. The molecule has 0 spiro atoms. The second-order valence-corrected chi connectivity index (χ2v) is 8.78. The van der Waals surface area contributed by atoms with Crippen LogP contribution in [-0.4, -0.2) is 30.1 Å². The fraction of sp³-hybridized carbons (Fsp3) is 0.480. The van der Waals surface area contributed by atoms with E-state index in [4.69, 9.17) is 12.2 Å². The Labute approximate surface area is 182 Å². The standard InChI is InChI=1S/C25H35N3S/c1-27(2)24-17-15-22(16-18-24)20-28(19-21-11-7-6-8-12-21)25(29)26-23-13-9-4-3-5-10-14-23/h6-8,11-12,15-18,23H,3-5,9-10,13-14,19-20H2,1-2H3,(H,26,29). The predicted molar refractivity (Wildman–Crippen MR) is 128 cm³/mol. The van der Waals surface area contributed by atoms with Crippen molar-refractivity contribution in [2.45, 2.75) is 64.1 Å². The van der Waals surface area contributed by atoms with Crippen molar-refractivity contribution in [1.82, 2.24) is 10.2 Å². The number of anilines is 1. The number of nitrogens with zero attached hydrogens (tertiary/aromatic N) is 2. The lowest BCUT2D eigenvalue weighted by Crippen LogP contribution is -2.44. The molecule has 1 aliphatic rings. The molecule has 156 valence electrons. The van der Waals surface area contributed by atoms with Crippen LogP contribution in [0.1, 0.15) is 56.1 Å². The Bertz CT molecular complexity index is 734. The molecule has 0 heterocycles. The van der Waals surface area contributed by atoms with Crippen LogP contribution in [0.2, 0.25) is 0 Å². The first kappa shape index (κ1) is 21.6. The summed E-state index contributed by atoms with van der Waals surface area (Å²) in [7, 11) is 4.15. The second-order valence-electron chi connectivity index (χ2n) is 8.39. The molecular weight excluding hydrogens is 374 g/mol. The molecule has 1 fully saturated rings. The molecule has 29 heavy (non-hydrogen) atoms. The maximum absolute atomic E-state index is 5.91. The maximum atomic E-state index is 5.91. The zero-order valence-electron chi connectivity index (χ0n) is 17.9. The van der Waals surface area contributed by atoms with Crippen LogP contribution in [0.5, 0.6) is 0 Å². The van der Waals surface area contributed by atoms with Gasteiger partial charge in [-0.05, 0) is 48.3 Å². The molecule has 0 aromatic heterocycles. The first-order chi connectivity index (χ1) is 14.1. The van der Waals surface area contributed by atoms with Crippen LogP contribution in [0.3, 0.4) is 0 Å². The Morgan fingerprint density at radius 2 is 1.38 bits per heavy atom. The van der Waals surface area contributed by atoms with Gasteiger partial charge in [0, 0.05) is 38.9 Å². The lowest BCUT2D eigenvalue weighted by Gasteiger charge is -2.30. The van der Waals surface area contributed by atoms with Gasteiger partial charge in [0.25, 0.3) is 0 Å². The highest BCUT2D eigenvalue weighted by atomic mass is 32.1. The van der Waals surface area contributed by atoms with Crippen molar-refractivity contribution >= 4 is 23.0 Å². The van der Waals surface area contributed by atoms with E-state index in [9.17, 15) is 0 Å². The van der Waals surface area contributed by atoms with Crippen LogP contribution >= 0.6 is 12.2 Å². The molecule has 0 atom stereocenters. The van der Waals surface area contributed by atoms with E-state index in [1.807, 2.05) is 0 Å². The smallest absolute Gasteiger partial charge is 0.169 e. The van der Waals surface area contributed by atoms with E-state index in [0.29, 0.717) is 6.04 Å². The fourth-order valence-corrected chi connectivity index (χ4v) is 4.29. The quantitative estimate of drug-likeness (QED) is 0.613. The van der Waals surface area contributed by atoms with Crippen LogP contribution in [-0.2, 0) is 13.1 Å². The zero-order valence-corrected chi connectivity index (χ0v) is 18.8. The summed E-state index contributed by atoms with van der Waals surface area (Å²) >= 11 is 5.91.